The predicted molar refractivity (Wildman–Crippen MR) is 100 cm³/mol. The number of rotatable bonds is 6. The Labute approximate surface area is 157 Å². The molecule has 4 rings (SSSR count). The minimum absolute atomic E-state index is 0.547. The van der Waals surface area contributed by atoms with Gasteiger partial charge in [0, 0.05) is 13.1 Å². The number of nitrogens with zero attached hydrogens (tertiary/aromatic N) is 4. The zero-order valence-electron chi connectivity index (χ0n) is 15.3. The van der Waals surface area contributed by atoms with E-state index in [0.29, 0.717) is 24.9 Å². The fourth-order valence-electron chi connectivity index (χ4n) is 3.16. The molecule has 1 aromatic carbocycles. The number of ether oxygens (including phenoxy) is 2. The second-order valence-corrected chi connectivity index (χ2v) is 6.22. The van der Waals surface area contributed by atoms with E-state index in [0.717, 1.165) is 30.2 Å². The van der Waals surface area contributed by atoms with Gasteiger partial charge in [-0.15, -0.1) is 5.10 Å². The number of hydrogen-bond donors (Lipinski definition) is 1. The van der Waals surface area contributed by atoms with Crippen LogP contribution in [0.2, 0.25) is 0 Å². The van der Waals surface area contributed by atoms with Gasteiger partial charge in [-0.3, -0.25) is 0 Å². The summed E-state index contributed by atoms with van der Waals surface area (Å²) in [6.07, 6.45) is 4.14. The van der Waals surface area contributed by atoms with Crippen molar-refractivity contribution in [2.45, 2.75) is 19.5 Å². The van der Waals surface area contributed by atoms with E-state index < -0.39 is 0 Å². The zero-order chi connectivity index (χ0) is 18.6. The van der Waals surface area contributed by atoms with Crippen molar-refractivity contribution in [2.75, 3.05) is 31.0 Å². The molecule has 3 aromatic rings. The quantitative estimate of drug-likeness (QED) is 0.712. The van der Waals surface area contributed by atoms with Gasteiger partial charge in [0.1, 0.15) is 5.76 Å². The zero-order valence-corrected chi connectivity index (χ0v) is 15.3. The Hall–Kier alpha value is -3.29. The Bertz CT molecular complexity index is 914. The second-order valence-electron chi connectivity index (χ2n) is 6.22. The molecular formula is C19H21N5O3. The van der Waals surface area contributed by atoms with E-state index in [-0.39, 0.29) is 0 Å². The summed E-state index contributed by atoms with van der Waals surface area (Å²) in [4.78, 5) is 6.70. The van der Waals surface area contributed by atoms with Crippen LogP contribution >= 0.6 is 0 Å². The Balaban J connectivity index is 1.51. The number of furan rings is 1. The highest BCUT2D eigenvalue weighted by Crippen LogP contribution is 2.33. The van der Waals surface area contributed by atoms with Gasteiger partial charge in [0.05, 0.1) is 33.2 Å². The maximum atomic E-state index is 5.42. The molecule has 0 saturated carbocycles. The molecule has 0 saturated heterocycles. The summed E-state index contributed by atoms with van der Waals surface area (Å²) in [7, 11) is 3.30. The topological polar surface area (TPSA) is 85.5 Å². The standard InChI is InChI=1S/C19H21N5O3/c1-25-16-8-13-5-6-24(12-14(13)9-17(16)26-2)19-22-18(11-21-23-19)20-10-15-4-3-7-27-15/h3-4,7-9,11H,5-6,10,12H2,1-2H3,(H,20,22,23). The summed E-state index contributed by atoms with van der Waals surface area (Å²) in [5, 5.41) is 11.5. The molecule has 0 bridgehead atoms. The van der Waals surface area contributed by atoms with Gasteiger partial charge in [0.25, 0.3) is 0 Å². The lowest BCUT2D eigenvalue weighted by Gasteiger charge is -2.29. The monoisotopic (exact) mass is 367 g/mol. The van der Waals surface area contributed by atoms with Crippen molar-refractivity contribution in [3.63, 3.8) is 0 Å². The van der Waals surface area contributed by atoms with Crippen molar-refractivity contribution < 1.29 is 13.9 Å². The lowest BCUT2D eigenvalue weighted by atomic mass is 9.99. The number of aromatic nitrogens is 3. The fourth-order valence-corrected chi connectivity index (χ4v) is 3.16. The highest BCUT2D eigenvalue weighted by atomic mass is 16.5. The number of methoxy groups -OCH3 is 2. The van der Waals surface area contributed by atoms with Gasteiger partial charge in [-0.25, -0.2) is 0 Å². The number of fused-ring (bicyclic) bond motifs is 1. The van der Waals surface area contributed by atoms with Crippen LogP contribution in [0.1, 0.15) is 16.9 Å². The first-order chi connectivity index (χ1) is 13.3. The third-order valence-electron chi connectivity index (χ3n) is 4.57. The van der Waals surface area contributed by atoms with Crippen LogP contribution in [-0.4, -0.2) is 35.9 Å². The number of benzene rings is 1. The minimum atomic E-state index is 0.547. The summed E-state index contributed by atoms with van der Waals surface area (Å²) in [5.41, 5.74) is 2.43. The van der Waals surface area contributed by atoms with E-state index in [4.69, 9.17) is 13.9 Å². The molecule has 3 heterocycles. The van der Waals surface area contributed by atoms with Gasteiger partial charge in [-0.05, 0) is 41.8 Å². The van der Waals surface area contributed by atoms with Gasteiger partial charge >= 0.3 is 0 Å². The van der Waals surface area contributed by atoms with Gasteiger partial charge < -0.3 is 24.1 Å². The van der Waals surface area contributed by atoms with Gasteiger partial charge in [0.2, 0.25) is 5.95 Å². The molecule has 0 fully saturated rings. The van der Waals surface area contributed by atoms with Crippen LogP contribution in [0.25, 0.3) is 0 Å². The average molecular weight is 367 g/mol. The van der Waals surface area contributed by atoms with E-state index in [1.807, 2.05) is 24.3 Å². The average Bonchev–Trinajstić information content (AvgIpc) is 3.24. The molecule has 8 nitrogen and oxygen atoms in total. The fraction of sp³-hybridized carbons (Fsp3) is 0.316. The highest BCUT2D eigenvalue weighted by Gasteiger charge is 2.21. The van der Waals surface area contributed by atoms with Crippen LogP contribution in [0.4, 0.5) is 11.8 Å². The Morgan fingerprint density at radius 3 is 2.74 bits per heavy atom. The molecule has 0 atom stereocenters. The molecular weight excluding hydrogens is 346 g/mol. The van der Waals surface area contributed by atoms with Crippen molar-refractivity contribution in [1.82, 2.24) is 15.2 Å². The summed E-state index contributed by atoms with van der Waals surface area (Å²) in [6, 6.07) is 7.83. The van der Waals surface area contributed by atoms with E-state index in [9.17, 15) is 0 Å². The van der Waals surface area contributed by atoms with Gasteiger partial charge in [-0.1, -0.05) is 0 Å². The SMILES string of the molecule is COc1cc2c(cc1OC)CN(c1nncc(NCc3ccco3)n1)CC2. The van der Waals surface area contributed by atoms with E-state index in [2.05, 4.69) is 25.4 Å². The van der Waals surface area contributed by atoms with Gasteiger partial charge in [0.15, 0.2) is 17.3 Å². The van der Waals surface area contributed by atoms with Crippen molar-refractivity contribution in [3.8, 4) is 11.5 Å². The lowest BCUT2D eigenvalue weighted by Crippen LogP contribution is -2.32. The first-order valence-electron chi connectivity index (χ1n) is 8.71. The van der Waals surface area contributed by atoms with E-state index in [1.165, 1.54) is 11.1 Å². The molecule has 1 aliphatic heterocycles. The molecule has 0 spiro atoms. The van der Waals surface area contributed by atoms with Crippen molar-refractivity contribution in [1.29, 1.82) is 0 Å². The summed E-state index contributed by atoms with van der Waals surface area (Å²) in [6.45, 7) is 2.05. The van der Waals surface area contributed by atoms with Crippen LogP contribution in [0.15, 0.2) is 41.1 Å². The first-order valence-corrected chi connectivity index (χ1v) is 8.71. The van der Waals surface area contributed by atoms with Crippen LogP contribution in [0, 0.1) is 0 Å². The first kappa shape index (κ1) is 17.1. The molecule has 1 aliphatic rings. The number of anilines is 2. The van der Waals surface area contributed by atoms with E-state index in [1.54, 1.807) is 26.7 Å². The van der Waals surface area contributed by atoms with Gasteiger partial charge in [-0.2, -0.15) is 10.1 Å². The van der Waals surface area contributed by atoms with Crippen LogP contribution < -0.4 is 19.7 Å². The van der Waals surface area contributed by atoms with E-state index >= 15 is 0 Å². The smallest absolute Gasteiger partial charge is 0.247 e. The highest BCUT2D eigenvalue weighted by molar-refractivity contribution is 5.51. The summed E-state index contributed by atoms with van der Waals surface area (Å²) in [5.74, 6) is 3.58. The normalized spacial score (nSPS) is 13.2. The van der Waals surface area contributed by atoms with Crippen LogP contribution in [0.5, 0.6) is 11.5 Å². The molecule has 27 heavy (non-hydrogen) atoms. The van der Waals surface area contributed by atoms with Crippen LogP contribution in [-0.2, 0) is 19.5 Å². The molecule has 0 aliphatic carbocycles. The molecule has 8 heteroatoms. The maximum Gasteiger partial charge on any atom is 0.247 e. The second kappa shape index (κ2) is 7.53. The lowest BCUT2D eigenvalue weighted by molar-refractivity contribution is 0.353. The maximum absolute atomic E-state index is 5.42. The molecule has 0 radical (unpaired) electrons. The molecule has 140 valence electrons. The minimum Gasteiger partial charge on any atom is -0.493 e. The third kappa shape index (κ3) is 3.64. The molecule has 2 aromatic heterocycles. The number of hydrogen-bond acceptors (Lipinski definition) is 8. The van der Waals surface area contributed by atoms with Crippen LogP contribution in [0.3, 0.4) is 0 Å². The Morgan fingerprint density at radius 1 is 1.19 bits per heavy atom. The predicted octanol–water partition coefficient (Wildman–Crippen LogP) is 2.66. The van der Waals surface area contributed by atoms with Crippen molar-refractivity contribution >= 4 is 11.8 Å². The third-order valence-corrected chi connectivity index (χ3v) is 4.57. The largest absolute Gasteiger partial charge is 0.493 e. The summed E-state index contributed by atoms with van der Waals surface area (Å²) >= 11 is 0. The molecule has 0 unspecified atom stereocenters. The summed E-state index contributed by atoms with van der Waals surface area (Å²) < 4.78 is 16.1. The Kier molecular flexibility index (Phi) is 4.78. The van der Waals surface area contributed by atoms with Crippen molar-refractivity contribution in [3.05, 3.63) is 53.6 Å². The van der Waals surface area contributed by atoms with Crippen molar-refractivity contribution in [2.24, 2.45) is 0 Å². The Morgan fingerprint density at radius 2 is 2.00 bits per heavy atom. The molecule has 0 amide bonds. The number of nitrogens with one attached hydrogen (secondary N) is 1. The molecule has 1 N–H and O–H groups in total.